The zero-order valence-corrected chi connectivity index (χ0v) is 15.6. The number of nitrogens with one attached hydrogen (secondary N) is 1. The number of amides is 1. The van der Waals surface area contributed by atoms with E-state index in [-0.39, 0.29) is 17.3 Å². The van der Waals surface area contributed by atoms with Gasteiger partial charge in [-0.05, 0) is 18.9 Å². The third kappa shape index (κ3) is 4.46. The molecule has 0 radical (unpaired) electrons. The second kappa shape index (κ2) is 8.08. The Hall–Kier alpha value is -3.42. The molecule has 146 valence electrons. The molecule has 8 heteroatoms. The highest BCUT2D eigenvalue weighted by Gasteiger charge is 2.32. The summed E-state index contributed by atoms with van der Waals surface area (Å²) in [7, 11) is 3.43. The van der Waals surface area contributed by atoms with Gasteiger partial charge >= 0.3 is 5.97 Å². The van der Waals surface area contributed by atoms with Crippen LogP contribution in [0.3, 0.4) is 0 Å². The number of carbonyl (C=O) groups excluding carboxylic acids is 2. The second-order valence-corrected chi connectivity index (χ2v) is 6.83. The van der Waals surface area contributed by atoms with Gasteiger partial charge in [-0.2, -0.15) is 0 Å². The van der Waals surface area contributed by atoms with E-state index < -0.39 is 22.9 Å². The van der Waals surface area contributed by atoms with Crippen molar-refractivity contribution in [3.05, 3.63) is 69.8 Å². The van der Waals surface area contributed by atoms with Crippen molar-refractivity contribution in [1.82, 2.24) is 5.32 Å². The Kier molecular flexibility index (Phi) is 5.58. The van der Waals surface area contributed by atoms with E-state index in [4.69, 9.17) is 4.74 Å². The molecule has 0 spiro atoms. The van der Waals surface area contributed by atoms with Gasteiger partial charge in [-0.3, -0.25) is 14.9 Å². The molecule has 1 fully saturated rings. The van der Waals surface area contributed by atoms with E-state index >= 15 is 0 Å². The largest absolute Gasteiger partial charge is 0.444 e. The lowest BCUT2D eigenvalue weighted by atomic mass is 10.1. The fourth-order valence-corrected chi connectivity index (χ4v) is 2.77. The topological polar surface area (TPSA) is 102 Å². The number of nitro benzene ring substituents is 1. The first kappa shape index (κ1) is 19.3. The number of benzene rings is 2. The van der Waals surface area contributed by atoms with E-state index in [2.05, 4.69) is 5.32 Å². The molecule has 3 rings (SSSR count). The van der Waals surface area contributed by atoms with Crippen molar-refractivity contribution in [1.29, 1.82) is 0 Å². The molecule has 0 aliphatic heterocycles. The van der Waals surface area contributed by atoms with Crippen LogP contribution in [0.5, 0.6) is 0 Å². The van der Waals surface area contributed by atoms with E-state index in [1.54, 1.807) is 49.3 Å². The number of nitrogens with zero attached hydrogens (tertiary/aromatic N) is 2. The molecule has 28 heavy (non-hydrogen) atoms. The minimum Gasteiger partial charge on any atom is -0.444 e. The molecule has 1 atom stereocenters. The van der Waals surface area contributed by atoms with Gasteiger partial charge in [-0.15, -0.1) is 0 Å². The van der Waals surface area contributed by atoms with Crippen LogP contribution >= 0.6 is 0 Å². The Balaban J connectivity index is 1.92. The third-order valence-electron chi connectivity index (χ3n) is 4.38. The van der Waals surface area contributed by atoms with Crippen molar-refractivity contribution in [3.63, 3.8) is 0 Å². The Morgan fingerprint density at radius 3 is 2.43 bits per heavy atom. The third-order valence-corrected chi connectivity index (χ3v) is 4.38. The van der Waals surface area contributed by atoms with Gasteiger partial charge in [0, 0.05) is 37.8 Å². The minimum atomic E-state index is -1.14. The van der Waals surface area contributed by atoms with Crippen LogP contribution in [-0.4, -0.2) is 36.9 Å². The lowest BCUT2D eigenvalue weighted by Gasteiger charge is -2.20. The summed E-state index contributed by atoms with van der Waals surface area (Å²) in [5.41, 5.74) is 0.798. The highest BCUT2D eigenvalue weighted by Crippen LogP contribution is 2.28. The van der Waals surface area contributed by atoms with Gasteiger partial charge in [0.05, 0.1) is 16.2 Å². The Morgan fingerprint density at radius 2 is 1.86 bits per heavy atom. The van der Waals surface area contributed by atoms with Gasteiger partial charge in [0.15, 0.2) is 0 Å². The average molecular weight is 383 g/mol. The normalized spacial score (nSPS) is 14.1. The Bertz CT molecular complexity index is 894. The van der Waals surface area contributed by atoms with Crippen molar-refractivity contribution in [2.24, 2.45) is 0 Å². The van der Waals surface area contributed by atoms with Crippen molar-refractivity contribution < 1.29 is 19.2 Å². The van der Waals surface area contributed by atoms with Gasteiger partial charge in [0.25, 0.3) is 11.6 Å². The molecule has 0 saturated heterocycles. The molecule has 0 bridgehead atoms. The zero-order chi connectivity index (χ0) is 20.3. The summed E-state index contributed by atoms with van der Waals surface area (Å²) in [5, 5.41) is 14.0. The summed E-state index contributed by atoms with van der Waals surface area (Å²) in [4.78, 5) is 37.7. The summed E-state index contributed by atoms with van der Waals surface area (Å²) < 4.78 is 5.54. The number of ether oxygens (including phenoxy) is 1. The minimum absolute atomic E-state index is 0.0272. The first-order valence-electron chi connectivity index (χ1n) is 8.89. The van der Waals surface area contributed by atoms with E-state index in [1.165, 1.54) is 18.2 Å². The number of esters is 1. The summed E-state index contributed by atoms with van der Waals surface area (Å²) in [6, 6.07) is 12.8. The number of non-ortho nitro benzene ring substituents is 1. The van der Waals surface area contributed by atoms with E-state index in [0.29, 0.717) is 11.3 Å². The number of anilines is 1. The molecule has 1 N–H and O–H groups in total. The molecule has 1 saturated carbocycles. The van der Waals surface area contributed by atoms with Crippen LogP contribution in [0.4, 0.5) is 11.4 Å². The molecule has 1 aliphatic rings. The van der Waals surface area contributed by atoms with Crippen LogP contribution in [0.15, 0.2) is 48.5 Å². The van der Waals surface area contributed by atoms with Crippen LogP contribution < -0.4 is 10.2 Å². The van der Waals surface area contributed by atoms with Gasteiger partial charge in [0.1, 0.15) is 0 Å². The van der Waals surface area contributed by atoms with Gasteiger partial charge in [0.2, 0.25) is 6.10 Å². The predicted molar refractivity (Wildman–Crippen MR) is 103 cm³/mol. The van der Waals surface area contributed by atoms with Crippen LogP contribution in [0.25, 0.3) is 0 Å². The quantitative estimate of drug-likeness (QED) is 0.448. The maximum atomic E-state index is 12.9. The maximum Gasteiger partial charge on any atom is 0.341 e. The fourth-order valence-electron chi connectivity index (χ4n) is 2.77. The predicted octanol–water partition coefficient (Wildman–Crippen LogP) is 2.84. The van der Waals surface area contributed by atoms with Gasteiger partial charge < -0.3 is 15.0 Å². The van der Waals surface area contributed by atoms with Crippen molar-refractivity contribution >= 4 is 23.3 Å². The first-order valence-corrected chi connectivity index (χ1v) is 8.89. The molecule has 2 aromatic carbocycles. The highest BCUT2D eigenvalue weighted by molar-refractivity contribution is 5.98. The monoisotopic (exact) mass is 383 g/mol. The number of nitro groups is 1. The first-order chi connectivity index (χ1) is 13.4. The van der Waals surface area contributed by atoms with E-state index in [1.807, 2.05) is 0 Å². The number of rotatable bonds is 7. The Labute approximate surface area is 162 Å². The molecule has 1 amide bonds. The number of carbonyl (C=O) groups is 2. The fraction of sp³-hybridized carbons (Fsp3) is 0.300. The summed E-state index contributed by atoms with van der Waals surface area (Å²) in [5.74, 6) is -1.20. The van der Waals surface area contributed by atoms with Crippen molar-refractivity contribution in [3.8, 4) is 0 Å². The number of hydrogen-bond acceptors (Lipinski definition) is 6. The molecule has 1 aliphatic carbocycles. The maximum absolute atomic E-state index is 12.9. The summed E-state index contributed by atoms with van der Waals surface area (Å²) >= 11 is 0. The molecule has 8 nitrogen and oxygen atoms in total. The van der Waals surface area contributed by atoms with Crippen LogP contribution in [0, 0.1) is 10.1 Å². The van der Waals surface area contributed by atoms with Gasteiger partial charge in [-0.1, -0.05) is 30.3 Å². The molecular weight excluding hydrogens is 362 g/mol. The lowest BCUT2D eigenvalue weighted by molar-refractivity contribution is -0.384. The lowest BCUT2D eigenvalue weighted by Crippen LogP contribution is -2.33. The van der Waals surface area contributed by atoms with Crippen LogP contribution in [-0.2, 0) is 9.53 Å². The summed E-state index contributed by atoms with van der Waals surface area (Å²) in [6.45, 7) is 0. The smallest absolute Gasteiger partial charge is 0.341 e. The molecule has 0 aromatic heterocycles. The zero-order valence-electron chi connectivity index (χ0n) is 15.6. The van der Waals surface area contributed by atoms with Crippen molar-refractivity contribution in [2.75, 3.05) is 19.0 Å². The van der Waals surface area contributed by atoms with Crippen molar-refractivity contribution in [2.45, 2.75) is 25.0 Å². The van der Waals surface area contributed by atoms with Crippen LogP contribution in [0.1, 0.15) is 34.9 Å². The van der Waals surface area contributed by atoms with E-state index in [9.17, 15) is 19.7 Å². The molecule has 0 heterocycles. The number of hydrogen-bond donors (Lipinski definition) is 1. The average Bonchev–Trinajstić information content (AvgIpc) is 3.49. The molecule has 0 unspecified atom stereocenters. The van der Waals surface area contributed by atoms with Gasteiger partial charge in [-0.25, -0.2) is 4.79 Å². The highest BCUT2D eigenvalue weighted by atomic mass is 16.6. The SMILES string of the molecule is CN(C)c1ccc([N+](=O)[O-])cc1C(=O)O[C@H](C(=O)NC1CC1)c1ccccc1. The summed E-state index contributed by atoms with van der Waals surface area (Å²) in [6.07, 6.45) is 0.664. The second-order valence-electron chi connectivity index (χ2n) is 6.83. The van der Waals surface area contributed by atoms with E-state index in [0.717, 1.165) is 12.8 Å². The molecular formula is C20H21N3O5. The molecule has 2 aromatic rings. The Morgan fingerprint density at radius 1 is 1.18 bits per heavy atom. The standard InChI is InChI=1S/C20H21N3O5/c1-22(2)17-11-10-15(23(26)27)12-16(17)20(25)28-18(13-6-4-3-5-7-13)19(24)21-14-8-9-14/h3-7,10-12,14,18H,8-9H2,1-2H3,(H,21,24)/t18-/m0/s1. The van der Waals surface area contributed by atoms with Crippen LogP contribution in [0.2, 0.25) is 0 Å².